The standard InChI is InChI=1S/C9H11ClN2/c1-7-5-9(10)12-6-8(7)3-2-4-11/h2-3,5-6H,4,11H2,1H3. The first-order valence-electron chi connectivity index (χ1n) is 3.73. The van der Waals surface area contributed by atoms with E-state index in [1.54, 1.807) is 6.20 Å². The molecule has 1 aromatic rings. The van der Waals surface area contributed by atoms with Crippen molar-refractivity contribution >= 4 is 17.7 Å². The molecule has 0 radical (unpaired) electrons. The Morgan fingerprint density at radius 3 is 3.00 bits per heavy atom. The first-order valence-corrected chi connectivity index (χ1v) is 4.10. The molecule has 1 rings (SSSR count). The third kappa shape index (κ3) is 2.32. The highest BCUT2D eigenvalue weighted by atomic mass is 35.5. The molecule has 0 unspecified atom stereocenters. The highest BCUT2D eigenvalue weighted by Crippen LogP contribution is 2.12. The minimum atomic E-state index is 0.525. The maximum atomic E-state index is 5.69. The minimum Gasteiger partial charge on any atom is -0.327 e. The first-order chi connectivity index (χ1) is 5.74. The molecule has 0 fully saturated rings. The molecular weight excluding hydrogens is 172 g/mol. The summed E-state index contributed by atoms with van der Waals surface area (Å²) in [4.78, 5) is 3.97. The van der Waals surface area contributed by atoms with Gasteiger partial charge in [-0.3, -0.25) is 0 Å². The Morgan fingerprint density at radius 1 is 1.67 bits per heavy atom. The maximum Gasteiger partial charge on any atom is 0.129 e. The molecule has 0 spiro atoms. The Morgan fingerprint density at radius 2 is 2.42 bits per heavy atom. The van der Waals surface area contributed by atoms with E-state index >= 15 is 0 Å². The molecule has 3 heteroatoms. The van der Waals surface area contributed by atoms with Gasteiger partial charge in [0, 0.05) is 12.7 Å². The topological polar surface area (TPSA) is 38.9 Å². The van der Waals surface area contributed by atoms with Gasteiger partial charge in [-0.25, -0.2) is 4.98 Å². The lowest BCUT2D eigenvalue weighted by atomic mass is 10.1. The predicted octanol–water partition coefficient (Wildman–Crippen LogP) is 2.02. The first kappa shape index (κ1) is 9.23. The summed E-state index contributed by atoms with van der Waals surface area (Å²) in [5.41, 5.74) is 7.49. The Kier molecular flexibility index (Phi) is 3.26. The van der Waals surface area contributed by atoms with E-state index in [0.717, 1.165) is 11.1 Å². The SMILES string of the molecule is Cc1cc(Cl)ncc1C=CCN. The van der Waals surface area contributed by atoms with E-state index in [1.165, 1.54) is 0 Å². The Labute approximate surface area is 77.1 Å². The summed E-state index contributed by atoms with van der Waals surface area (Å²) >= 11 is 5.69. The zero-order chi connectivity index (χ0) is 8.97. The fourth-order valence-corrected chi connectivity index (χ4v) is 1.11. The van der Waals surface area contributed by atoms with Gasteiger partial charge in [0.15, 0.2) is 0 Å². The molecule has 0 aromatic carbocycles. The minimum absolute atomic E-state index is 0.525. The van der Waals surface area contributed by atoms with E-state index < -0.39 is 0 Å². The fraction of sp³-hybridized carbons (Fsp3) is 0.222. The third-order valence-electron chi connectivity index (χ3n) is 1.55. The van der Waals surface area contributed by atoms with Crippen molar-refractivity contribution < 1.29 is 0 Å². The molecule has 64 valence electrons. The average molecular weight is 183 g/mol. The second kappa shape index (κ2) is 4.24. The van der Waals surface area contributed by atoms with Crippen LogP contribution in [-0.2, 0) is 0 Å². The second-order valence-electron chi connectivity index (χ2n) is 2.50. The molecule has 0 saturated heterocycles. The zero-order valence-corrected chi connectivity index (χ0v) is 7.67. The maximum absolute atomic E-state index is 5.69. The van der Waals surface area contributed by atoms with Crippen LogP contribution in [0, 0.1) is 6.92 Å². The number of aromatic nitrogens is 1. The number of aryl methyl sites for hydroxylation is 1. The van der Waals surface area contributed by atoms with Crippen molar-refractivity contribution in [2.24, 2.45) is 5.73 Å². The van der Waals surface area contributed by atoms with Gasteiger partial charge >= 0.3 is 0 Å². The van der Waals surface area contributed by atoms with Crippen molar-refractivity contribution in [3.63, 3.8) is 0 Å². The smallest absolute Gasteiger partial charge is 0.129 e. The molecule has 0 saturated carbocycles. The van der Waals surface area contributed by atoms with E-state index in [0.29, 0.717) is 11.7 Å². The lowest BCUT2D eigenvalue weighted by Crippen LogP contribution is -1.92. The second-order valence-corrected chi connectivity index (χ2v) is 2.89. The number of hydrogen-bond donors (Lipinski definition) is 1. The van der Waals surface area contributed by atoms with Crippen molar-refractivity contribution in [2.75, 3.05) is 6.54 Å². The van der Waals surface area contributed by atoms with Crippen LogP contribution >= 0.6 is 11.6 Å². The molecule has 12 heavy (non-hydrogen) atoms. The van der Waals surface area contributed by atoms with Crippen LogP contribution in [0.3, 0.4) is 0 Å². The van der Waals surface area contributed by atoms with Crippen molar-refractivity contribution in [3.8, 4) is 0 Å². The number of pyridine rings is 1. The van der Waals surface area contributed by atoms with Crippen molar-refractivity contribution in [3.05, 3.63) is 34.6 Å². The van der Waals surface area contributed by atoms with Gasteiger partial charge in [-0.1, -0.05) is 23.8 Å². The molecule has 0 aliphatic rings. The normalized spacial score (nSPS) is 10.9. The summed E-state index contributed by atoms with van der Waals surface area (Å²) in [6, 6.07) is 1.83. The lowest BCUT2D eigenvalue weighted by molar-refractivity contribution is 1.25. The summed E-state index contributed by atoms with van der Waals surface area (Å²) in [6.45, 7) is 2.53. The van der Waals surface area contributed by atoms with Gasteiger partial charge in [-0.05, 0) is 24.1 Å². The Bertz CT molecular complexity index is 295. The molecular formula is C9H11ClN2. The highest BCUT2D eigenvalue weighted by Gasteiger charge is 1.95. The molecule has 1 aromatic heterocycles. The third-order valence-corrected chi connectivity index (χ3v) is 1.76. The molecule has 0 aliphatic heterocycles. The fourth-order valence-electron chi connectivity index (χ4n) is 0.902. The average Bonchev–Trinajstić information content (AvgIpc) is 2.03. The molecule has 2 N–H and O–H groups in total. The van der Waals surface area contributed by atoms with Crippen LogP contribution in [0.5, 0.6) is 0 Å². The van der Waals surface area contributed by atoms with Crippen LogP contribution in [0.15, 0.2) is 18.3 Å². The summed E-state index contributed by atoms with van der Waals surface area (Å²) in [7, 11) is 0. The van der Waals surface area contributed by atoms with Crippen LogP contribution in [-0.4, -0.2) is 11.5 Å². The van der Waals surface area contributed by atoms with Crippen LogP contribution in [0.4, 0.5) is 0 Å². The number of halogens is 1. The number of hydrogen-bond acceptors (Lipinski definition) is 2. The van der Waals surface area contributed by atoms with E-state index in [2.05, 4.69) is 4.98 Å². The van der Waals surface area contributed by atoms with Crippen LogP contribution in [0.25, 0.3) is 6.08 Å². The predicted molar refractivity (Wildman–Crippen MR) is 52.1 cm³/mol. The van der Waals surface area contributed by atoms with Gasteiger partial charge in [0.25, 0.3) is 0 Å². The van der Waals surface area contributed by atoms with Crippen molar-refractivity contribution in [2.45, 2.75) is 6.92 Å². The highest BCUT2D eigenvalue weighted by molar-refractivity contribution is 6.29. The number of rotatable bonds is 2. The van der Waals surface area contributed by atoms with Crippen molar-refractivity contribution in [1.82, 2.24) is 4.98 Å². The molecule has 0 amide bonds. The summed E-state index contributed by atoms with van der Waals surface area (Å²) < 4.78 is 0. The molecule has 0 aliphatic carbocycles. The largest absolute Gasteiger partial charge is 0.327 e. The quantitative estimate of drug-likeness (QED) is 0.711. The Balaban J connectivity index is 2.94. The molecule has 0 bridgehead atoms. The molecule has 2 nitrogen and oxygen atoms in total. The van der Waals surface area contributed by atoms with Gasteiger partial charge < -0.3 is 5.73 Å². The summed E-state index contributed by atoms with van der Waals surface area (Å²) in [5, 5.41) is 0.525. The monoisotopic (exact) mass is 182 g/mol. The summed E-state index contributed by atoms with van der Waals surface area (Å²) in [6.07, 6.45) is 5.57. The van der Waals surface area contributed by atoms with Gasteiger partial charge in [0.1, 0.15) is 5.15 Å². The van der Waals surface area contributed by atoms with Crippen LogP contribution in [0.2, 0.25) is 5.15 Å². The summed E-state index contributed by atoms with van der Waals surface area (Å²) in [5.74, 6) is 0. The van der Waals surface area contributed by atoms with Gasteiger partial charge in [0.05, 0.1) is 0 Å². The van der Waals surface area contributed by atoms with Crippen LogP contribution in [0.1, 0.15) is 11.1 Å². The van der Waals surface area contributed by atoms with E-state index in [-0.39, 0.29) is 0 Å². The van der Waals surface area contributed by atoms with Crippen LogP contribution < -0.4 is 5.73 Å². The molecule has 0 atom stereocenters. The van der Waals surface area contributed by atoms with Gasteiger partial charge in [-0.2, -0.15) is 0 Å². The van der Waals surface area contributed by atoms with E-state index in [9.17, 15) is 0 Å². The Hall–Kier alpha value is -0.860. The zero-order valence-electron chi connectivity index (χ0n) is 6.92. The van der Waals surface area contributed by atoms with E-state index in [1.807, 2.05) is 25.1 Å². The van der Waals surface area contributed by atoms with E-state index in [4.69, 9.17) is 17.3 Å². The lowest BCUT2D eigenvalue weighted by Gasteiger charge is -1.98. The number of nitrogens with two attached hydrogens (primary N) is 1. The van der Waals surface area contributed by atoms with Crippen molar-refractivity contribution in [1.29, 1.82) is 0 Å². The molecule has 1 heterocycles. The number of nitrogens with zero attached hydrogens (tertiary/aromatic N) is 1. The van der Waals surface area contributed by atoms with Gasteiger partial charge in [-0.15, -0.1) is 0 Å². The van der Waals surface area contributed by atoms with Gasteiger partial charge in [0.2, 0.25) is 0 Å².